The molecular formula is C14H17N3O2. The fourth-order valence-electron chi connectivity index (χ4n) is 2.86. The predicted octanol–water partition coefficient (Wildman–Crippen LogP) is 0.864. The van der Waals surface area contributed by atoms with Gasteiger partial charge < -0.3 is 11.1 Å². The molecule has 0 saturated carbocycles. The standard InChI is InChI=1S/C14H17N3O2/c15-11-5-1-4-10-12(11)14(19)17(13(10)18)8-9-3-2-6-16-7-9/h1,4-5,9,16H,2-3,6-8,15H2. The van der Waals surface area contributed by atoms with Crippen molar-refractivity contribution in [1.82, 2.24) is 10.2 Å². The number of amides is 2. The fraction of sp³-hybridized carbons (Fsp3) is 0.429. The van der Waals surface area contributed by atoms with Crippen LogP contribution in [0.15, 0.2) is 18.2 Å². The lowest BCUT2D eigenvalue weighted by atomic mass is 9.99. The minimum absolute atomic E-state index is 0.210. The van der Waals surface area contributed by atoms with Crippen LogP contribution in [0.2, 0.25) is 0 Å². The zero-order chi connectivity index (χ0) is 13.4. The van der Waals surface area contributed by atoms with Crippen LogP contribution in [-0.4, -0.2) is 36.3 Å². The number of nitrogens with one attached hydrogen (secondary N) is 1. The van der Waals surface area contributed by atoms with Crippen LogP contribution in [0.4, 0.5) is 5.69 Å². The molecule has 1 saturated heterocycles. The number of carbonyl (C=O) groups is 2. The van der Waals surface area contributed by atoms with Gasteiger partial charge in [0.25, 0.3) is 11.8 Å². The highest BCUT2D eigenvalue weighted by Gasteiger charge is 2.38. The van der Waals surface area contributed by atoms with Crippen LogP contribution in [0.1, 0.15) is 33.6 Å². The van der Waals surface area contributed by atoms with Crippen molar-refractivity contribution >= 4 is 17.5 Å². The van der Waals surface area contributed by atoms with E-state index in [4.69, 9.17) is 5.73 Å². The van der Waals surface area contributed by atoms with Crippen molar-refractivity contribution in [2.45, 2.75) is 12.8 Å². The molecule has 5 heteroatoms. The van der Waals surface area contributed by atoms with Gasteiger partial charge in [-0.1, -0.05) is 6.07 Å². The Balaban J connectivity index is 1.84. The predicted molar refractivity (Wildman–Crippen MR) is 71.8 cm³/mol. The normalized spacial score (nSPS) is 22.7. The molecule has 1 unspecified atom stereocenters. The van der Waals surface area contributed by atoms with E-state index in [1.807, 2.05) is 0 Å². The number of hydrogen-bond donors (Lipinski definition) is 2. The number of nitrogen functional groups attached to an aromatic ring is 1. The van der Waals surface area contributed by atoms with Gasteiger partial charge in [0.1, 0.15) is 0 Å². The molecule has 2 amide bonds. The van der Waals surface area contributed by atoms with Crippen LogP contribution in [0.5, 0.6) is 0 Å². The first-order valence-corrected chi connectivity index (χ1v) is 6.64. The van der Waals surface area contributed by atoms with E-state index in [0.29, 0.717) is 29.3 Å². The molecule has 2 aliphatic heterocycles. The van der Waals surface area contributed by atoms with E-state index in [-0.39, 0.29) is 11.8 Å². The van der Waals surface area contributed by atoms with Crippen LogP contribution in [-0.2, 0) is 0 Å². The Labute approximate surface area is 111 Å². The van der Waals surface area contributed by atoms with Crippen molar-refractivity contribution in [2.75, 3.05) is 25.4 Å². The SMILES string of the molecule is Nc1cccc2c1C(=O)N(CC1CCCNC1)C2=O. The molecule has 19 heavy (non-hydrogen) atoms. The molecule has 2 heterocycles. The minimum Gasteiger partial charge on any atom is -0.398 e. The third-order valence-corrected chi connectivity index (χ3v) is 3.87. The third kappa shape index (κ3) is 2.00. The smallest absolute Gasteiger partial charge is 0.263 e. The van der Waals surface area contributed by atoms with Gasteiger partial charge in [-0.3, -0.25) is 14.5 Å². The van der Waals surface area contributed by atoms with Crippen LogP contribution < -0.4 is 11.1 Å². The van der Waals surface area contributed by atoms with Crippen LogP contribution in [0.3, 0.4) is 0 Å². The van der Waals surface area contributed by atoms with Crippen molar-refractivity contribution in [2.24, 2.45) is 5.92 Å². The van der Waals surface area contributed by atoms with Gasteiger partial charge in [-0.15, -0.1) is 0 Å². The zero-order valence-electron chi connectivity index (χ0n) is 10.7. The number of nitrogens with two attached hydrogens (primary N) is 1. The Morgan fingerprint density at radius 2 is 2.16 bits per heavy atom. The summed E-state index contributed by atoms with van der Waals surface area (Å²) in [5, 5.41) is 3.30. The number of imide groups is 1. The monoisotopic (exact) mass is 259 g/mol. The molecule has 2 aliphatic rings. The number of hydrogen-bond acceptors (Lipinski definition) is 4. The summed E-state index contributed by atoms with van der Waals surface area (Å²) in [6.07, 6.45) is 2.14. The number of benzene rings is 1. The molecular weight excluding hydrogens is 242 g/mol. The summed E-state index contributed by atoms with van der Waals surface area (Å²) in [5.41, 5.74) is 7.01. The second-order valence-electron chi connectivity index (χ2n) is 5.20. The molecule has 0 bridgehead atoms. The van der Waals surface area contributed by atoms with Crippen molar-refractivity contribution in [3.8, 4) is 0 Å². The molecule has 3 N–H and O–H groups in total. The summed E-state index contributed by atoms with van der Waals surface area (Å²) in [5.74, 6) is -0.112. The van der Waals surface area contributed by atoms with E-state index in [0.717, 1.165) is 25.9 Å². The van der Waals surface area contributed by atoms with Gasteiger partial charge in [-0.2, -0.15) is 0 Å². The van der Waals surface area contributed by atoms with Crippen molar-refractivity contribution in [3.63, 3.8) is 0 Å². The highest BCUT2D eigenvalue weighted by atomic mass is 16.2. The van der Waals surface area contributed by atoms with Gasteiger partial charge in [-0.05, 0) is 44.0 Å². The van der Waals surface area contributed by atoms with Crippen LogP contribution in [0, 0.1) is 5.92 Å². The lowest BCUT2D eigenvalue weighted by Crippen LogP contribution is -2.40. The summed E-state index contributed by atoms with van der Waals surface area (Å²) in [6.45, 7) is 2.37. The number of rotatable bonds is 2. The van der Waals surface area contributed by atoms with Crippen LogP contribution in [0.25, 0.3) is 0 Å². The highest BCUT2D eigenvalue weighted by Crippen LogP contribution is 2.28. The molecule has 0 aromatic heterocycles. The summed E-state index contributed by atoms with van der Waals surface area (Å²) < 4.78 is 0. The molecule has 3 rings (SSSR count). The minimum atomic E-state index is -0.247. The van der Waals surface area contributed by atoms with Crippen molar-refractivity contribution in [1.29, 1.82) is 0 Å². The Morgan fingerprint density at radius 3 is 2.84 bits per heavy atom. The van der Waals surface area contributed by atoms with E-state index < -0.39 is 0 Å². The summed E-state index contributed by atoms with van der Waals surface area (Å²) >= 11 is 0. The zero-order valence-corrected chi connectivity index (χ0v) is 10.7. The first-order valence-electron chi connectivity index (χ1n) is 6.64. The number of anilines is 1. The summed E-state index contributed by atoms with van der Waals surface area (Å²) in [4.78, 5) is 25.9. The van der Waals surface area contributed by atoms with Crippen molar-refractivity contribution < 1.29 is 9.59 Å². The van der Waals surface area contributed by atoms with Gasteiger partial charge in [-0.25, -0.2) is 0 Å². The molecule has 0 aliphatic carbocycles. The Hall–Kier alpha value is -1.88. The Bertz CT molecular complexity index is 535. The summed E-state index contributed by atoms with van der Waals surface area (Å²) in [6, 6.07) is 5.05. The van der Waals surface area contributed by atoms with E-state index in [1.54, 1.807) is 18.2 Å². The van der Waals surface area contributed by atoms with Crippen LogP contribution >= 0.6 is 0 Å². The van der Waals surface area contributed by atoms with Gasteiger partial charge in [0.15, 0.2) is 0 Å². The number of nitrogens with zero attached hydrogens (tertiary/aromatic N) is 1. The van der Waals surface area contributed by atoms with Crippen molar-refractivity contribution in [3.05, 3.63) is 29.3 Å². The second kappa shape index (κ2) is 4.66. The van der Waals surface area contributed by atoms with Gasteiger partial charge in [0.2, 0.25) is 0 Å². The topological polar surface area (TPSA) is 75.4 Å². The quantitative estimate of drug-likeness (QED) is 0.610. The molecule has 0 spiro atoms. The van der Waals surface area contributed by atoms with E-state index in [1.165, 1.54) is 4.90 Å². The molecule has 1 aromatic carbocycles. The Kier molecular flexibility index (Phi) is 2.98. The number of piperidine rings is 1. The largest absolute Gasteiger partial charge is 0.398 e. The average molecular weight is 259 g/mol. The molecule has 100 valence electrons. The highest BCUT2D eigenvalue weighted by molar-refractivity contribution is 6.23. The number of fused-ring (bicyclic) bond motifs is 1. The van der Waals surface area contributed by atoms with Gasteiger partial charge in [0, 0.05) is 12.2 Å². The molecule has 1 fully saturated rings. The maximum atomic E-state index is 12.3. The lowest BCUT2D eigenvalue weighted by Gasteiger charge is -2.26. The molecule has 1 atom stereocenters. The lowest BCUT2D eigenvalue weighted by molar-refractivity contribution is 0.0621. The first-order chi connectivity index (χ1) is 9.18. The Morgan fingerprint density at radius 1 is 1.32 bits per heavy atom. The first kappa shape index (κ1) is 12.2. The average Bonchev–Trinajstić information content (AvgIpc) is 2.66. The molecule has 5 nitrogen and oxygen atoms in total. The molecule has 1 aromatic rings. The van der Waals surface area contributed by atoms with Gasteiger partial charge in [0.05, 0.1) is 11.1 Å². The molecule has 0 radical (unpaired) electrons. The van der Waals surface area contributed by atoms with E-state index in [9.17, 15) is 9.59 Å². The number of carbonyl (C=O) groups excluding carboxylic acids is 2. The third-order valence-electron chi connectivity index (χ3n) is 3.87. The second-order valence-corrected chi connectivity index (χ2v) is 5.20. The fourth-order valence-corrected chi connectivity index (χ4v) is 2.86. The maximum Gasteiger partial charge on any atom is 0.263 e. The maximum absolute atomic E-state index is 12.3. The summed E-state index contributed by atoms with van der Waals surface area (Å²) in [7, 11) is 0. The van der Waals surface area contributed by atoms with E-state index >= 15 is 0 Å². The van der Waals surface area contributed by atoms with Gasteiger partial charge >= 0.3 is 0 Å². The van der Waals surface area contributed by atoms with E-state index in [2.05, 4.69) is 5.32 Å².